The summed E-state index contributed by atoms with van der Waals surface area (Å²) in [5, 5.41) is 0. The molecule has 176 valence electrons. The van der Waals surface area contributed by atoms with Crippen LogP contribution in [-0.2, 0) is 14.3 Å². The summed E-state index contributed by atoms with van der Waals surface area (Å²) in [4.78, 5) is 35.7. The number of carbonyl (C=O) groups is 1. The topological polar surface area (TPSA) is 76.4 Å². The molecule has 0 bridgehead atoms. The number of hydrogen-bond donors (Lipinski definition) is 0. The third kappa shape index (κ3) is 4.84. The van der Waals surface area contributed by atoms with Crippen molar-refractivity contribution < 1.29 is 14.3 Å². The summed E-state index contributed by atoms with van der Waals surface area (Å²) in [7, 11) is 1.63. The molecule has 4 heterocycles. The van der Waals surface area contributed by atoms with Gasteiger partial charge in [0.2, 0.25) is 0 Å². The highest BCUT2D eigenvalue weighted by atomic mass is 32.2. The second-order valence-corrected chi connectivity index (χ2v) is 10.1. The van der Waals surface area contributed by atoms with Gasteiger partial charge >= 0.3 is 0 Å². The molecule has 2 aliphatic heterocycles. The Bertz CT molecular complexity index is 1170. The van der Waals surface area contributed by atoms with Crippen molar-refractivity contribution in [2.24, 2.45) is 0 Å². The summed E-state index contributed by atoms with van der Waals surface area (Å²) in [5.74, 6) is 0.380. The predicted octanol–water partition coefficient (Wildman–Crippen LogP) is 2.85. The average molecular weight is 489 g/mol. The van der Waals surface area contributed by atoms with E-state index in [0.29, 0.717) is 58.9 Å². The molecule has 0 radical (unpaired) electrons. The van der Waals surface area contributed by atoms with Crippen LogP contribution in [0, 0.1) is 6.92 Å². The average Bonchev–Trinajstić information content (AvgIpc) is 3.03. The van der Waals surface area contributed by atoms with E-state index < -0.39 is 0 Å². The number of aromatic nitrogens is 2. The molecule has 2 aliphatic rings. The van der Waals surface area contributed by atoms with E-state index in [1.165, 1.54) is 16.2 Å². The number of aryl methyl sites for hydroxylation is 1. The van der Waals surface area contributed by atoms with E-state index in [1.54, 1.807) is 24.3 Å². The van der Waals surface area contributed by atoms with Gasteiger partial charge in [0.25, 0.3) is 11.5 Å². The summed E-state index contributed by atoms with van der Waals surface area (Å²) in [6.07, 6.45) is 4.04. The van der Waals surface area contributed by atoms with E-state index >= 15 is 0 Å². The lowest BCUT2D eigenvalue weighted by molar-refractivity contribution is -0.122. The maximum Gasteiger partial charge on any atom is 0.267 e. The van der Waals surface area contributed by atoms with Crippen LogP contribution >= 0.6 is 24.0 Å². The molecule has 2 aromatic rings. The number of amides is 1. The Hall–Kier alpha value is -2.27. The Morgan fingerprint density at radius 3 is 2.73 bits per heavy atom. The standard InChI is InChI=1S/C23H28N4O4S2/c1-14-7-5-8-26-19(14)24-20(25-12-15(2)31-16(3)13-25)17(21(26)28)11-18-22(29)27(23(32)33-18)9-6-10-30-4/h5,7-8,11,15-16H,6,9-10,12-13H2,1-4H3/b18-11+. The lowest BCUT2D eigenvalue weighted by Crippen LogP contribution is -2.46. The monoisotopic (exact) mass is 488 g/mol. The zero-order chi connectivity index (χ0) is 23.7. The van der Waals surface area contributed by atoms with Gasteiger partial charge in [0.05, 0.1) is 22.7 Å². The van der Waals surface area contributed by atoms with Crippen molar-refractivity contribution in [2.75, 3.05) is 38.3 Å². The number of anilines is 1. The van der Waals surface area contributed by atoms with Crippen molar-refractivity contribution in [1.29, 1.82) is 0 Å². The highest BCUT2D eigenvalue weighted by Gasteiger charge is 2.33. The van der Waals surface area contributed by atoms with Crippen LogP contribution in [0.3, 0.4) is 0 Å². The predicted molar refractivity (Wildman–Crippen MR) is 135 cm³/mol. The first-order valence-electron chi connectivity index (χ1n) is 11.0. The molecule has 2 atom stereocenters. The van der Waals surface area contributed by atoms with Crippen LogP contribution in [0.15, 0.2) is 28.0 Å². The third-order valence-electron chi connectivity index (χ3n) is 5.66. The van der Waals surface area contributed by atoms with Crippen LogP contribution in [0.5, 0.6) is 0 Å². The molecule has 10 heteroatoms. The molecule has 0 aliphatic carbocycles. The molecule has 2 fully saturated rings. The van der Waals surface area contributed by atoms with Crippen molar-refractivity contribution in [2.45, 2.75) is 39.4 Å². The van der Waals surface area contributed by atoms with E-state index in [9.17, 15) is 9.59 Å². The maximum absolute atomic E-state index is 13.6. The molecule has 0 N–H and O–H groups in total. The second kappa shape index (κ2) is 9.92. The van der Waals surface area contributed by atoms with E-state index in [4.69, 9.17) is 26.7 Å². The number of fused-ring (bicyclic) bond motifs is 1. The van der Waals surface area contributed by atoms with Crippen LogP contribution < -0.4 is 10.5 Å². The van der Waals surface area contributed by atoms with Gasteiger partial charge in [-0.05, 0) is 44.9 Å². The van der Waals surface area contributed by atoms with Crippen molar-refractivity contribution in [1.82, 2.24) is 14.3 Å². The minimum absolute atomic E-state index is 0.00211. The first-order chi connectivity index (χ1) is 15.8. The van der Waals surface area contributed by atoms with Crippen LogP contribution in [-0.4, -0.2) is 70.1 Å². The highest BCUT2D eigenvalue weighted by Crippen LogP contribution is 2.34. The first kappa shape index (κ1) is 23.9. The van der Waals surface area contributed by atoms with E-state index in [1.807, 2.05) is 32.9 Å². The normalized spacial score (nSPS) is 22.7. The molecule has 0 spiro atoms. The fourth-order valence-corrected chi connectivity index (χ4v) is 5.50. The van der Waals surface area contributed by atoms with Gasteiger partial charge in [-0.1, -0.05) is 30.0 Å². The molecule has 0 saturated carbocycles. The van der Waals surface area contributed by atoms with Crippen LogP contribution in [0.25, 0.3) is 11.7 Å². The lowest BCUT2D eigenvalue weighted by Gasteiger charge is -2.36. The van der Waals surface area contributed by atoms with E-state index in [2.05, 4.69) is 4.90 Å². The van der Waals surface area contributed by atoms with Gasteiger partial charge in [-0.25, -0.2) is 4.98 Å². The van der Waals surface area contributed by atoms with Gasteiger partial charge in [-0.3, -0.25) is 18.9 Å². The molecular weight excluding hydrogens is 460 g/mol. The van der Waals surface area contributed by atoms with Crippen LogP contribution in [0.2, 0.25) is 0 Å². The maximum atomic E-state index is 13.6. The van der Waals surface area contributed by atoms with Crippen LogP contribution in [0.4, 0.5) is 5.82 Å². The largest absolute Gasteiger partial charge is 0.385 e. The van der Waals surface area contributed by atoms with Gasteiger partial charge in [0.15, 0.2) is 0 Å². The Labute approximate surface area is 202 Å². The quantitative estimate of drug-likeness (QED) is 0.349. The van der Waals surface area contributed by atoms with Crippen molar-refractivity contribution in [3.05, 3.63) is 44.7 Å². The van der Waals surface area contributed by atoms with Crippen molar-refractivity contribution >= 4 is 51.7 Å². The second-order valence-electron chi connectivity index (χ2n) is 8.38. The number of nitrogens with zero attached hydrogens (tertiary/aromatic N) is 4. The molecule has 0 aromatic carbocycles. The summed E-state index contributed by atoms with van der Waals surface area (Å²) < 4.78 is 13.0. The number of pyridine rings is 1. The van der Waals surface area contributed by atoms with Gasteiger partial charge < -0.3 is 14.4 Å². The van der Waals surface area contributed by atoms with Crippen molar-refractivity contribution in [3.63, 3.8) is 0 Å². The number of hydrogen-bond acceptors (Lipinski definition) is 8. The minimum atomic E-state index is -0.213. The third-order valence-corrected chi connectivity index (χ3v) is 7.04. The number of methoxy groups -OCH3 is 1. The van der Waals surface area contributed by atoms with Gasteiger partial charge in [-0.15, -0.1) is 0 Å². The molecule has 1 amide bonds. The summed E-state index contributed by atoms with van der Waals surface area (Å²) in [5.41, 5.74) is 1.68. The molecular formula is C23H28N4O4S2. The Morgan fingerprint density at radius 1 is 1.30 bits per heavy atom. The van der Waals surface area contributed by atoms with Gasteiger partial charge in [-0.2, -0.15) is 0 Å². The van der Waals surface area contributed by atoms with Crippen molar-refractivity contribution in [3.8, 4) is 0 Å². The molecule has 2 saturated heterocycles. The molecule has 8 nitrogen and oxygen atoms in total. The summed E-state index contributed by atoms with van der Waals surface area (Å²) >= 11 is 6.65. The fraction of sp³-hybridized carbons (Fsp3) is 0.478. The number of carbonyl (C=O) groups excluding carboxylic acids is 1. The minimum Gasteiger partial charge on any atom is -0.385 e. The molecule has 4 rings (SSSR count). The summed E-state index contributed by atoms with van der Waals surface area (Å²) in [6.45, 7) is 8.19. The zero-order valence-corrected chi connectivity index (χ0v) is 20.9. The van der Waals surface area contributed by atoms with E-state index in [-0.39, 0.29) is 23.7 Å². The van der Waals surface area contributed by atoms with Gasteiger partial charge in [0.1, 0.15) is 15.8 Å². The number of ether oxygens (including phenoxy) is 2. The SMILES string of the molecule is COCCCN1C(=O)/C(=C\c2c(N3CC(C)OC(C)C3)nc3c(C)cccn3c2=O)SC1=S. The number of morpholine rings is 1. The smallest absolute Gasteiger partial charge is 0.267 e. The number of thiocarbonyl (C=S) groups is 1. The Balaban J connectivity index is 1.81. The van der Waals surface area contributed by atoms with Crippen LogP contribution in [0.1, 0.15) is 31.4 Å². The number of rotatable bonds is 6. The summed E-state index contributed by atoms with van der Waals surface area (Å²) in [6, 6.07) is 3.75. The molecule has 33 heavy (non-hydrogen) atoms. The Kier molecular flexibility index (Phi) is 7.18. The fourth-order valence-electron chi connectivity index (χ4n) is 4.21. The molecule has 2 aromatic heterocycles. The molecule has 2 unspecified atom stereocenters. The van der Waals surface area contributed by atoms with E-state index in [0.717, 1.165) is 5.56 Å². The Morgan fingerprint density at radius 2 is 2.03 bits per heavy atom. The zero-order valence-electron chi connectivity index (χ0n) is 19.2. The lowest BCUT2D eigenvalue weighted by atomic mass is 10.1. The van der Waals surface area contributed by atoms with Gasteiger partial charge in [0, 0.05) is 39.5 Å². The highest BCUT2D eigenvalue weighted by molar-refractivity contribution is 8.26. The number of thioether (sulfide) groups is 1. The first-order valence-corrected chi connectivity index (χ1v) is 12.2.